The topological polar surface area (TPSA) is 133 Å². The Morgan fingerprint density at radius 1 is 1.26 bits per heavy atom. The first-order valence-electron chi connectivity index (χ1n) is 7.57. The Morgan fingerprint density at radius 3 is 2.63 bits per heavy atom. The van der Waals surface area contributed by atoms with Gasteiger partial charge >= 0.3 is 0 Å². The highest BCUT2D eigenvalue weighted by Crippen LogP contribution is 2.28. The summed E-state index contributed by atoms with van der Waals surface area (Å²) in [4.78, 5) is 14.0. The molecule has 0 saturated carbocycles. The fourth-order valence-corrected chi connectivity index (χ4v) is 2.99. The minimum Gasteiger partial charge on any atom is -0.375 e. The van der Waals surface area contributed by atoms with Crippen molar-refractivity contribution >= 4 is 21.4 Å². The summed E-state index contributed by atoms with van der Waals surface area (Å²) >= 11 is 0. The Bertz CT molecular complexity index is 1100. The van der Waals surface area contributed by atoms with Crippen LogP contribution < -0.4 is 10.5 Å². The van der Waals surface area contributed by atoms with E-state index in [4.69, 9.17) is 5.14 Å². The lowest BCUT2D eigenvalue weighted by atomic mass is 10.2. The smallest absolute Gasteiger partial charge is 0.293 e. The number of imidazole rings is 1. The molecule has 1 aromatic heterocycles. The normalized spacial score (nSPS) is 11.3. The molecule has 0 spiro atoms. The number of hydrogen-bond donors (Lipinski definition) is 2. The highest BCUT2D eigenvalue weighted by atomic mass is 32.2. The van der Waals surface area contributed by atoms with Gasteiger partial charge < -0.3 is 9.88 Å². The Kier molecular flexibility index (Phi) is 4.88. The molecule has 3 rings (SSSR count). The molecule has 0 aliphatic carbocycles. The second-order valence-corrected chi connectivity index (χ2v) is 7.15. The largest absolute Gasteiger partial charge is 0.375 e. The predicted molar refractivity (Wildman–Crippen MR) is 95.3 cm³/mol. The zero-order valence-electron chi connectivity index (χ0n) is 13.7. The first-order valence-corrected chi connectivity index (χ1v) is 9.12. The number of aromatic nitrogens is 2. The number of primary sulfonamides is 1. The highest BCUT2D eigenvalue weighted by Gasteiger charge is 2.19. The Morgan fingerprint density at radius 2 is 2.04 bits per heavy atom. The van der Waals surface area contributed by atoms with Crippen LogP contribution in [-0.4, -0.2) is 22.9 Å². The van der Waals surface area contributed by atoms with Crippen molar-refractivity contribution in [3.05, 3.63) is 76.6 Å². The molecule has 140 valence electrons. The summed E-state index contributed by atoms with van der Waals surface area (Å²) in [6.45, 7) is 0.0939. The van der Waals surface area contributed by atoms with Crippen LogP contribution in [-0.2, 0) is 16.6 Å². The summed E-state index contributed by atoms with van der Waals surface area (Å²) in [5, 5.41) is 19.0. The fraction of sp³-hybridized carbons (Fsp3) is 0.0625. The van der Waals surface area contributed by atoms with Crippen LogP contribution >= 0.6 is 0 Å². The van der Waals surface area contributed by atoms with Gasteiger partial charge in [-0.25, -0.2) is 22.9 Å². The third-order valence-corrected chi connectivity index (χ3v) is 4.68. The minimum atomic E-state index is -4.06. The van der Waals surface area contributed by atoms with E-state index in [-0.39, 0.29) is 17.1 Å². The van der Waals surface area contributed by atoms with Gasteiger partial charge in [0, 0.05) is 25.0 Å². The van der Waals surface area contributed by atoms with Gasteiger partial charge in [0.05, 0.1) is 21.8 Å². The number of nitro groups is 1. The van der Waals surface area contributed by atoms with E-state index in [0.717, 1.165) is 12.1 Å². The van der Waals surface area contributed by atoms with Gasteiger partial charge in [0.1, 0.15) is 11.5 Å². The Balaban J connectivity index is 1.82. The van der Waals surface area contributed by atoms with Gasteiger partial charge in [0.2, 0.25) is 10.0 Å². The van der Waals surface area contributed by atoms with Crippen molar-refractivity contribution in [3.63, 3.8) is 0 Å². The van der Waals surface area contributed by atoms with E-state index in [0.29, 0.717) is 11.3 Å². The number of halogens is 1. The number of hydrogen-bond acceptors (Lipinski definition) is 6. The predicted octanol–water partition coefficient (Wildman–Crippen LogP) is 2.18. The van der Waals surface area contributed by atoms with Crippen LogP contribution in [0.2, 0.25) is 0 Å². The van der Waals surface area contributed by atoms with Crippen LogP contribution in [0.15, 0.2) is 60.0 Å². The van der Waals surface area contributed by atoms with E-state index in [1.165, 1.54) is 29.2 Å². The molecule has 27 heavy (non-hydrogen) atoms. The van der Waals surface area contributed by atoms with E-state index < -0.39 is 26.5 Å². The summed E-state index contributed by atoms with van der Waals surface area (Å²) in [7, 11) is -4.06. The molecular weight excluding hydrogens is 377 g/mol. The van der Waals surface area contributed by atoms with Crippen LogP contribution in [0.4, 0.5) is 15.8 Å². The third kappa shape index (κ3) is 4.10. The number of nitro benzene ring substituents is 1. The van der Waals surface area contributed by atoms with E-state index in [2.05, 4.69) is 10.3 Å². The third-order valence-electron chi connectivity index (χ3n) is 3.77. The number of anilines is 1. The first-order chi connectivity index (χ1) is 12.8. The van der Waals surface area contributed by atoms with Crippen molar-refractivity contribution in [3.8, 4) is 5.69 Å². The lowest BCUT2D eigenvalue weighted by Gasteiger charge is -2.10. The van der Waals surface area contributed by atoms with Crippen LogP contribution in [0.3, 0.4) is 0 Å². The number of nitrogens with zero attached hydrogens (tertiary/aromatic N) is 3. The van der Waals surface area contributed by atoms with E-state index in [1.54, 1.807) is 18.3 Å². The number of sulfonamides is 1. The van der Waals surface area contributed by atoms with Crippen molar-refractivity contribution in [1.29, 1.82) is 0 Å². The summed E-state index contributed by atoms with van der Waals surface area (Å²) in [6, 6.07) is 7.80. The van der Waals surface area contributed by atoms with Crippen LogP contribution in [0, 0.1) is 15.9 Å². The standard InChI is InChI=1S/C16H14FN5O4S/c17-13-7-11(1-4-15(13)21-6-5-19-10-21)9-20-14-3-2-12(27(18,25)26)8-16(14)22(23)24/h1-8,10,20H,9H2,(H2,18,25,26). The first kappa shape index (κ1) is 18.5. The van der Waals surface area contributed by atoms with Gasteiger partial charge in [-0.1, -0.05) is 6.07 Å². The monoisotopic (exact) mass is 391 g/mol. The molecule has 0 saturated heterocycles. The molecule has 0 amide bonds. The zero-order valence-corrected chi connectivity index (χ0v) is 14.6. The summed E-state index contributed by atoms with van der Waals surface area (Å²) < 4.78 is 38.5. The van der Waals surface area contributed by atoms with Crippen molar-refractivity contribution in [2.45, 2.75) is 11.4 Å². The maximum absolute atomic E-state index is 14.3. The van der Waals surface area contributed by atoms with E-state index >= 15 is 0 Å². The molecule has 2 aromatic carbocycles. The SMILES string of the molecule is NS(=O)(=O)c1ccc(NCc2ccc(-n3ccnc3)c(F)c2)c([N+](=O)[O-])c1. The van der Waals surface area contributed by atoms with Crippen molar-refractivity contribution in [2.24, 2.45) is 5.14 Å². The lowest BCUT2D eigenvalue weighted by Crippen LogP contribution is -2.13. The molecular formula is C16H14FN5O4S. The zero-order chi connectivity index (χ0) is 19.6. The van der Waals surface area contributed by atoms with Crippen molar-refractivity contribution < 1.29 is 17.7 Å². The molecule has 3 aromatic rings. The molecule has 0 atom stereocenters. The van der Waals surface area contributed by atoms with Crippen molar-refractivity contribution in [2.75, 3.05) is 5.32 Å². The average molecular weight is 391 g/mol. The maximum Gasteiger partial charge on any atom is 0.293 e. The molecule has 0 aliphatic heterocycles. The van der Waals surface area contributed by atoms with Gasteiger partial charge in [0.25, 0.3) is 5.69 Å². The number of nitrogens with two attached hydrogens (primary N) is 1. The molecule has 0 unspecified atom stereocenters. The Labute approximate surface area is 153 Å². The minimum absolute atomic E-state index is 0.0893. The van der Waals surface area contributed by atoms with Gasteiger partial charge in [-0.05, 0) is 29.8 Å². The summed E-state index contributed by atoms with van der Waals surface area (Å²) in [5.74, 6) is -0.480. The maximum atomic E-state index is 14.3. The molecule has 0 fully saturated rings. The number of rotatable bonds is 6. The lowest BCUT2D eigenvalue weighted by molar-refractivity contribution is -0.384. The fourth-order valence-electron chi connectivity index (χ4n) is 2.46. The van der Waals surface area contributed by atoms with E-state index in [1.807, 2.05) is 0 Å². The molecule has 0 radical (unpaired) electrons. The Hall–Kier alpha value is -3.31. The van der Waals surface area contributed by atoms with Gasteiger partial charge in [-0.3, -0.25) is 10.1 Å². The van der Waals surface area contributed by atoms with Gasteiger partial charge in [0.15, 0.2) is 0 Å². The summed E-state index contributed by atoms with van der Waals surface area (Å²) in [5.41, 5.74) is 0.504. The number of benzene rings is 2. The van der Waals surface area contributed by atoms with Gasteiger partial charge in [-0.2, -0.15) is 0 Å². The molecule has 9 nitrogen and oxygen atoms in total. The highest BCUT2D eigenvalue weighted by molar-refractivity contribution is 7.89. The molecule has 0 bridgehead atoms. The molecule has 1 heterocycles. The average Bonchev–Trinajstić information content (AvgIpc) is 3.13. The molecule has 0 aliphatic rings. The molecule has 3 N–H and O–H groups in total. The second-order valence-electron chi connectivity index (χ2n) is 5.59. The van der Waals surface area contributed by atoms with Gasteiger partial charge in [-0.15, -0.1) is 0 Å². The summed E-state index contributed by atoms with van der Waals surface area (Å²) in [6.07, 6.45) is 4.60. The van der Waals surface area contributed by atoms with Crippen LogP contribution in [0.25, 0.3) is 5.69 Å². The quantitative estimate of drug-likeness (QED) is 0.489. The van der Waals surface area contributed by atoms with Crippen LogP contribution in [0.1, 0.15) is 5.56 Å². The van der Waals surface area contributed by atoms with Crippen molar-refractivity contribution in [1.82, 2.24) is 9.55 Å². The van der Waals surface area contributed by atoms with E-state index in [9.17, 15) is 22.9 Å². The molecule has 11 heteroatoms. The van der Waals surface area contributed by atoms with Crippen LogP contribution in [0.5, 0.6) is 0 Å². The number of nitrogens with one attached hydrogen (secondary N) is 1. The second kappa shape index (κ2) is 7.13.